The zero-order valence-corrected chi connectivity index (χ0v) is 10.8. The van der Waals surface area contributed by atoms with E-state index in [2.05, 4.69) is 6.92 Å². The molecule has 2 fully saturated rings. The second-order valence-electron chi connectivity index (χ2n) is 5.03. The number of piperidine rings is 1. The fraction of sp³-hybridized carbons (Fsp3) is 0.615. The molecule has 0 spiro atoms. The Morgan fingerprint density at radius 2 is 2.47 bits per heavy atom. The van der Waals surface area contributed by atoms with Crippen molar-refractivity contribution in [2.45, 2.75) is 32.0 Å². The third-order valence-electron chi connectivity index (χ3n) is 3.76. The van der Waals surface area contributed by atoms with Crippen LogP contribution in [0.25, 0.3) is 0 Å². The van der Waals surface area contributed by atoms with Crippen molar-refractivity contribution >= 4 is 17.2 Å². The Balaban J connectivity index is 1.69. The molecule has 2 aliphatic heterocycles. The van der Waals surface area contributed by atoms with Crippen LogP contribution in [0.5, 0.6) is 0 Å². The van der Waals surface area contributed by atoms with Crippen LogP contribution >= 0.6 is 11.3 Å². The number of likely N-dealkylation sites (tertiary alicyclic amines) is 1. The van der Waals surface area contributed by atoms with Crippen LogP contribution in [0, 0.1) is 5.92 Å². The van der Waals surface area contributed by atoms with Gasteiger partial charge in [0.15, 0.2) is 0 Å². The number of hydrogen-bond acceptors (Lipinski definition) is 3. The minimum Gasteiger partial charge on any atom is -0.375 e. The van der Waals surface area contributed by atoms with Crippen LogP contribution < -0.4 is 0 Å². The quantitative estimate of drug-likeness (QED) is 0.767. The lowest BCUT2D eigenvalue weighted by molar-refractivity contribution is 0.00867. The Morgan fingerprint density at radius 3 is 3.24 bits per heavy atom. The molecule has 2 saturated heterocycles. The lowest BCUT2D eigenvalue weighted by atomic mass is 9.93. The van der Waals surface area contributed by atoms with Gasteiger partial charge in [-0.25, -0.2) is 0 Å². The van der Waals surface area contributed by atoms with Crippen LogP contribution in [-0.4, -0.2) is 36.1 Å². The SMILES string of the molecule is C[C@H]1C[C@H]2CN(C(=O)c3ccsc3)CC[C@H]2O1. The van der Waals surface area contributed by atoms with E-state index in [1.165, 1.54) is 0 Å². The highest BCUT2D eigenvalue weighted by molar-refractivity contribution is 7.08. The molecule has 0 saturated carbocycles. The van der Waals surface area contributed by atoms with E-state index in [1.54, 1.807) is 11.3 Å². The van der Waals surface area contributed by atoms with Gasteiger partial charge in [0.05, 0.1) is 17.8 Å². The fourth-order valence-electron chi connectivity index (χ4n) is 2.95. The lowest BCUT2D eigenvalue weighted by Gasteiger charge is -2.33. The third kappa shape index (κ3) is 2.11. The molecule has 3 nitrogen and oxygen atoms in total. The van der Waals surface area contributed by atoms with Crippen molar-refractivity contribution in [3.63, 3.8) is 0 Å². The molecule has 17 heavy (non-hydrogen) atoms. The number of ether oxygens (including phenoxy) is 1. The number of nitrogens with zero attached hydrogens (tertiary/aromatic N) is 1. The molecule has 0 aromatic carbocycles. The molecule has 2 aliphatic rings. The summed E-state index contributed by atoms with van der Waals surface area (Å²) in [6.07, 6.45) is 2.83. The molecule has 4 heteroatoms. The summed E-state index contributed by atoms with van der Waals surface area (Å²) < 4.78 is 5.85. The topological polar surface area (TPSA) is 29.5 Å². The van der Waals surface area contributed by atoms with Gasteiger partial charge in [0, 0.05) is 24.4 Å². The molecule has 0 aliphatic carbocycles. The number of thiophene rings is 1. The van der Waals surface area contributed by atoms with Gasteiger partial charge in [-0.1, -0.05) is 0 Å². The van der Waals surface area contributed by atoms with E-state index in [9.17, 15) is 4.79 Å². The molecular formula is C13H17NO2S. The van der Waals surface area contributed by atoms with Crippen LogP contribution in [0.15, 0.2) is 16.8 Å². The Labute approximate surface area is 105 Å². The van der Waals surface area contributed by atoms with E-state index in [1.807, 2.05) is 21.7 Å². The highest BCUT2D eigenvalue weighted by atomic mass is 32.1. The Bertz CT molecular complexity index is 404. The number of carbonyl (C=O) groups excluding carboxylic acids is 1. The first-order valence-electron chi connectivity index (χ1n) is 6.21. The average Bonchev–Trinajstić information content (AvgIpc) is 2.94. The van der Waals surface area contributed by atoms with Gasteiger partial charge in [0.1, 0.15) is 0 Å². The molecule has 3 atom stereocenters. The minimum atomic E-state index is 0.184. The number of fused-ring (bicyclic) bond motifs is 1. The lowest BCUT2D eigenvalue weighted by Crippen LogP contribution is -2.44. The molecule has 3 rings (SSSR count). The maximum absolute atomic E-state index is 12.2. The second-order valence-corrected chi connectivity index (χ2v) is 5.81. The van der Waals surface area contributed by atoms with Crippen molar-refractivity contribution in [1.82, 2.24) is 4.90 Å². The van der Waals surface area contributed by atoms with Crippen LogP contribution in [0.1, 0.15) is 30.1 Å². The second kappa shape index (κ2) is 4.42. The summed E-state index contributed by atoms with van der Waals surface area (Å²) in [7, 11) is 0. The van der Waals surface area contributed by atoms with Crippen molar-refractivity contribution in [3.05, 3.63) is 22.4 Å². The number of amides is 1. The zero-order valence-electron chi connectivity index (χ0n) is 9.96. The first kappa shape index (κ1) is 11.2. The number of carbonyl (C=O) groups is 1. The fourth-order valence-corrected chi connectivity index (χ4v) is 3.58. The van der Waals surface area contributed by atoms with Gasteiger partial charge in [-0.15, -0.1) is 0 Å². The molecule has 1 aromatic rings. The molecule has 1 aromatic heterocycles. The van der Waals surface area contributed by atoms with Gasteiger partial charge in [0.25, 0.3) is 5.91 Å². The largest absolute Gasteiger partial charge is 0.375 e. The summed E-state index contributed by atoms with van der Waals surface area (Å²) in [5.74, 6) is 0.727. The van der Waals surface area contributed by atoms with Gasteiger partial charge >= 0.3 is 0 Å². The van der Waals surface area contributed by atoms with E-state index in [0.29, 0.717) is 18.1 Å². The highest BCUT2D eigenvalue weighted by Crippen LogP contribution is 2.33. The van der Waals surface area contributed by atoms with Crippen LogP contribution in [0.2, 0.25) is 0 Å². The predicted octanol–water partition coefficient (Wildman–Crippen LogP) is 2.39. The molecule has 0 bridgehead atoms. The normalized spacial score (nSPS) is 32.5. The Hall–Kier alpha value is -0.870. The molecular weight excluding hydrogens is 234 g/mol. The summed E-state index contributed by atoms with van der Waals surface area (Å²) in [4.78, 5) is 14.2. The summed E-state index contributed by atoms with van der Waals surface area (Å²) >= 11 is 1.58. The molecule has 3 heterocycles. The highest BCUT2D eigenvalue weighted by Gasteiger charge is 2.38. The van der Waals surface area contributed by atoms with Crippen LogP contribution in [0.4, 0.5) is 0 Å². The molecule has 92 valence electrons. The van der Waals surface area contributed by atoms with E-state index in [4.69, 9.17) is 4.74 Å². The summed E-state index contributed by atoms with van der Waals surface area (Å²) in [6, 6.07) is 1.91. The van der Waals surface area contributed by atoms with E-state index in [0.717, 1.165) is 31.5 Å². The molecule has 0 radical (unpaired) electrons. The van der Waals surface area contributed by atoms with Crippen molar-refractivity contribution in [3.8, 4) is 0 Å². The van der Waals surface area contributed by atoms with Gasteiger partial charge in [0.2, 0.25) is 0 Å². The number of rotatable bonds is 1. The standard InChI is InChI=1S/C13H17NO2S/c1-9-6-11-7-14(4-2-12(11)16-9)13(15)10-3-5-17-8-10/h3,5,8-9,11-12H,2,4,6-7H2,1H3/t9-,11-,12+/m0/s1. The van der Waals surface area contributed by atoms with Crippen LogP contribution in [-0.2, 0) is 4.74 Å². The Morgan fingerprint density at radius 1 is 1.59 bits per heavy atom. The van der Waals surface area contributed by atoms with E-state index < -0.39 is 0 Å². The summed E-state index contributed by atoms with van der Waals surface area (Å²) in [6.45, 7) is 3.83. The summed E-state index contributed by atoms with van der Waals surface area (Å²) in [5, 5.41) is 3.89. The van der Waals surface area contributed by atoms with Gasteiger partial charge in [-0.3, -0.25) is 4.79 Å². The van der Waals surface area contributed by atoms with Gasteiger partial charge in [-0.05, 0) is 31.2 Å². The maximum Gasteiger partial charge on any atom is 0.254 e. The van der Waals surface area contributed by atoms with E-state index >= 15 is 0 Å². The third-order valence-corrected chi connectivity index (χ3v) is 4.44. The zero-order chi connectivity index (χ0) is 11.8. The smallest absolute Gasteiger partial charge is 0.254 e. The molecule has 0 N–H and O–H groups in total. The van der Waals surface area contributed by atoms with Gasteiger partial charge in [-0.2, -0.15) is 11.3 Å². The van der Waals surface area contributed by atoms with Gasteiger partial charge < -0.3 is 9.64 Å². The monoisotopic (exact) mass is 251 g/mol. The average molecular weight is 251 g/mol. The first-order valence-corrected chi connectivity index (χ1v) is 7.15. The minimum absolute atomic E-state index is 0.184. The van der Waals surface area contributed by atoms with Crippen molar-refractivity contribution in [2.75, 3.05) is 13.1 Å². The first-order chi connectivity index (χ1) is 8.24. The molecule has 1 amide bonds. The molecule has 0 unspecified atom stereocenters. The van der Waals surface area contributed by atoms with Crippen molar-refractivity contribution in [1.29, 1.82) is 0 Å². The Kier molecular flexibility index (Phi) is 2.92. The van der Waals surface area contributed by atoms with Crippen molar-refractivity contribution in [2.24, 2.45) is 5.92 Å². The maximum atomic E-state index is 12.2. The van der Waals surface area contributed by atoms with Crippen LogP contribution in [0.3, 0.4) is 0 Å². The van der Waals surface area contributed by atoms with E-state index in [-0.39, 0.29) is 5.91 Å². The summed E-state index contributed by atoms with van der Waals surface area (Å²) in [5.41, 5.74) is 0.834. The predicted molar refractivity (Wildman–Crippen MR) is 67.3 cm³/mol. The van der Waals surface area contributed by atoms with Crippen molar-refractivity contribution < 1.29 is 9.53 Å². The number of hydrogen-bond donors (Lipinski definition) is 0.